The molecule has 0 saturated carbocycles. The Morgan fingerprint density at radius 2 is 1.65 bits per heavy atom. The van der Waals surface area contributed by atoms with Crippen LogP contribution in [0.4, 0.5) is 5.69 Å². The number of methoxy groups -OCH3 is 2. The number of carbonyl (C=O) groups is 1. The molecule has 2 N–H and O–H groups in total. The van der Waals surface area contributed by atoms with E-state index in [1.807, 2.05) is 19.1 Å². The molecule has 0 atom stereocenters. The molecule has 4 heteroatoms. The van der Waals surface area contributed by atoms with Gasteiger partial charge in [0.2, 0.25) is 0 Å². The Morgan fingerprint density at radius 3 is 2.25 bits per heavy atom. The first-order valence-corrected chi connectivity index (χ1v) is 6.19. The van der Waals surface area contributed by atoms with Gasteiger partial charge in [0.05, 0.1) is 25.5 Å². The highest BCUT2D eigenvalue weighted by Gasteiger charge is 2.15. The summed E-state index contributed by atoms with van der Waals surface area (Å²) in [5, 5.41) is 0. The van der Waals surface area contributed by atoms with Crippen LogP contribution in [-0.2, 0) is 0 Å². The summed E-state index contributed by atoms with van der Waals surface area (Å²) in [4.78, 5) is 12.6. The minimum atomic E-state index is -0.125. The average Bonchev–Trinajstić information content (AvgIpc) is 2.46. The Hall–Kier alpha value is -2.49. The van der Waals surface area contributed by atoms with Gasteiger partial charge in [-0.25, -0.2) is 0 Å². The molecule has 104 valence electrons. The fraction of sp³-hybridized carbons (Fsp3) is 0.188. The van der Waals surface area contributed by atoms with Crippen molar-refractivity contribution < 1.29 is 14.3 Å². The third-order valence-corrected chi connectivity index (χ3v) is 3.09. The third kappa shape index (κ3) is 2.59. The molecule has 4 nitrogen and oxygen atoms in total. The number of nitrogens with two attached hydrogens (primary N) is 1. The molecule has 0 amide bonds. The second-order valence-electron chi connectivity index (χ2n) is 4.49. The van der Waals surface area contributed by atoms with Gasteiger partial charge in [-0.3, -0.25) is 4.79 Å². The summed E-state index contributed by atoms with van der Waals surface area (Å²) < 4.78 is 10.3. The lowest BCUT2D eigenvalue weighted by atomic mass is 10.00. The van der Waals surface area contributed by atoms with Gasteiger partial charge in [0.25, 0.3) is 0 Å². The molecule has 2 aromatic carbocycles. The number of ether oxygens (including phenoxy) is 2. The number of benzene rings is 2. The van der Waals surface area contributed by atoms with Crippen LogP contribution < -0.4 is 15.2 Å². The lowest BCUT2D eigenvalue weighted by Crippen LogP contribution is -2.05. The van der Waals surface area contributed by atoms with E-state index < -0.39 is 0 Å². The molecule has 0 radical (unpaired) electrons. The van der Waals surface area contributed by atoms with Gasteiger partial charge in [-0.1, -0.05) is 11.6 Å². The molecule has 0 aliphatic rings. The van der Waals surface area contributed by atoms with E-state index in [4.69, 9.17) is 15.2 Å². The highest BCUT2D eigenvalue weighted by Crippen LogP contribution is 2.27. The van der Waals surface area contributed by atoms with Crippen molar-refractivity contribution in [1.82, 2.24) is 0 Å². The number of hydrogen-bond donors (Lipinski definition) is 1. The van der Waals surface area contributed by atoms with Gasteiger partial charge in [-0.15, -0.1) is 0 Å². The van der Waals surface area contributed by atoms with E-state index in [2.05, 4.69) is 0 Å². The topological polar surface area (TPSA) is 61.5 Å². The van der Waals surface area contributed by atoms with E-state index in [0.29, 0.717) is 28.3 Å². The average molecular weight is 271 g/mol. The zero-order chi connectivity index (χ0) is 14.7. The van der Waals surface area contributed by atoms with Crippen molar-refractivity contribution >= 4 is 11.5 Å². The molecule has 2 rings (SSSR count). The summed E-state index contributed by atoms with van der Waals surface area (Å²) in [6, 6.07) is 10.5. The number of hydrogen-bond acceptors (Lipinski definition) is 4. The second-order valence-corrected chi connectivity index (χ2v) is 4.49. The fourth-order valence-electron chi connectivity index (χ4n) is 2.03. The van der Waals surface area contributed by atoms with Crippen LogP contribution in [0.15, 0.2) is 36.4 Å². The number of nitrogen functional groups attached to an aromatic ring is 1. The molecule has 2 aromatic rings. The number of rotatable bonds is 4. The van der Waals surface area contributed by atoms with Crippen LogP contribution in [0.1, 0.15) is 21.5 Å². The maximum absolute atomic E-state index is 12.6. The molecule has 20 heavy (non-hydrogen) atoms. The molecular weight excluding hydrogens is 254 g/mol. The summed E-state index contributed by atoms with van der Waals surface area (Å²) in [5.41, 5.74) is 8.30. The maximum atomic E-state index is 12.6. The van der Waals surface area contributed by atoms with E-state index in [-0.39, 0.29) is 5.78 Å². The van der Waals surface area contributed by atoms with Crippen LogP contribution in [-0.4, -0.2) is 20.0 Å². The van der Waals surface area contributed by atoms with E-state index >= 15 is 0 Å². The minimum Gasteiger partial charge on any atom is -0.496 e. The Kier molecular flexibility index (Phi) is 3.94. The largest absolute Gasteiger partial charge is 0.496 e. The first-order valence-electron chi connectivity index (χ1n) is 6.19. The maximum Gasteiger partial charge on any atom is 0.196 e. The van der Waals surface area contributed by atoms with Crippen molar-refractivity contribution in [3.63, 3.8) is 0 Å². The van der Waals surface area contributed by atoms with Crippen LogP contribution >= 0.6 is 0 Å². The normalized spacial score (nSPS) is 10.2. The summed E-state index contributed by atoms with van der Waals surface area (Å²) in [6.45, 7) is 1.93. The van der Waals surface area contributed by atoms with Crippen molar-refractivity contribution in [2.45, 2.75) is 6.92 Å². The summed E-state index contributed by atoms with van der Waals surface area (Å²) in [6.07, 6.45) is 0. The lowest BCUT2D eigenvalue weighted by molar-refractivity contribution is 0.103. The monoisotopic (exact) mass is 271 g/mol. The Bertz CT molecular complexity index is 650. The van der Waals surface area contributed by atoms with Crippen molar-refractivity contribution in [3.8, 4) is 11.5 Å². The summed E-state index contributed by atoms with van der Waals surface area (Å²) in [5.74, 6) is 0.979. The van der Waals surface area contributed by atoms with Gasteiger partial charge in [0.1, 0.15) is 11.5 Å². The van der Waals surface area contributed by atoms with Gasteiger partial charge in [0, 0.05) is 5.56 Å². The smallest absolute Gasteiger partial charge is 0.196 e. The molecule has 0 aliphatic carbocycles. The molecule has 0 fully saturated rings. The van der Waals surface area contributed by atoms with Gasteiger partial charge in [-0.2, -0.15) is 0 Å². The minimum absolute atomic E-state index is 0.125. The summed E-state index contributed by atoms with van der Waals surface area (Å²) >= 11 is 0. The highest BCUT2D eigenvalue weighted by atomic mass is 16.5. The van der Waals surface area contributed by atoms with Gasteiger partial charge in [-0.05, 0) is 37.3 Å². The zero-order valence-electron chi connectivity index (χ0n) is 11.8. The van der Waals surface area contributed by atoms with Crippen molar-refractivity contribution in [1.29, 1.82) is 0 Å². The number of ketones is 1. The van der Waals surface area contributed by atoms with E-state index in [1.54, 1.807) is 31.4 Å². The zero-order valence-corrected chi connectivity index (χ0v) is 11.8. The van der Waals surface area contributed by atoms with Crippen LogP contribution in [0.5, 0.6) is 11.5 Å². The molecule has 0 heterocycles. The Morgan fingerprint density at radius 1 is 1.00 bits per heavy atom. The molecule has 0 aromatic heterocycles. The number of anilines is 1. The van der Waals surface area contributed by atoms with Crippen molar-refractivity contribution in [3.05, 3.63) is 53.1 Å². The SMILES string of the molecule is COc1ccc(C(=O)c2cc(C)ccc2OC)cc1N. The van der Waals surface area contributed by atoms with Crippen molar-refractivity contribution in [2.24, 2.45) is 0 Å². The predicted octanol–water partition coefficient (Wildman–Crippen LogP) is 2.83. The van der Waals surface area contributed by atoms with Gasteiger partial charge in [0.15, 0.2) is 5.78 Å². The van der Waals surface area contributed by atoms with E-state index in [0.717, 1.165) is 5.56 Å². The molecule has 0 spiro atoms. The quantitative estimate of drug-likeness (QED) is 0.686. The van der Waals surface area contributed by atoms with Crippen molar-refractivity contribution in [2.75, 3.05) is 20.0 Å². The van der Waals surface area contributed by atoms with Crippen LogP contribution in [0, 0.1) is 6.92 Å². The van der Waals surface area contributed by atoms with Gasteiger partial charge < -0.3 is 15.2 Å². The first kappa shape index (κ1) is 13.9. The highest BCUT2D eigenvalue weighted by molar-refractivity contribution is 6.11. The molecular formula is C16H17NO3. The third-order valence-electron chi connectivity index (χ3n) is 3.09. The first-order chi connectivity index (χ1) is 9.56. The lowest BCUT2D eigenvalue weighted by Gasteiger charge is -2.10. The molecule has 0 aliphatic heterocycles. The second kappa shape index (κ2) is 5.65. The summed E-state index contributed by atoms with van der Waals surface area (Å²) in [7, 11) is 3.08. The number of aryl methyl sites for hydroxylation is 1. The number of carbonyl (C=O) groups excluding carboxylic acids is 1. The Labute approximate surface area is 118 Å². The van der Waals surface area contributed by atoms with Crippen LogP contribution in [0.25, 0.3) is 0 Å². The molecule has 0 saturated heterocycles. The standard InChI is InChI=1S/C16H17NO3/c1-10-4-6-14(19-2)12(8-10)16(18)11-5-7-15(20-3)13(17)9-11/h4-9H,17H2,1-3H3. The van der Waals surface area contributed by atoms with Crippen LogP contribution in [0.3, 0.4) is 0 Å². The van der Waals surface area contributed by atoms with Crippen LogP contribution in [0.2, 0.25) is 0 Å². The van der Waals surface area contributed by atoms with Gasteiger partial charge >= 0.3 is 0 Å². The molecule has 0 unspecified atom stereocenters. The van der Waals surface area contributed by atoms with E-state index in [9.17, 15) is 4.79 Å². The fourth-order valence-corrected chi connectivity index (χ4v) is 2.03. The Balaban J connectivity index is 2.46. The van der Waals surface area contributed by atoms with E-state index in [1.165, 1.54) is 7.11 Å². The molecule has 0 bridgehead atoms. The predicted molar refractivity (Wildman–Crippen MR) is 78.6 cm³/mol.